The smallest absolute Gasteiger partial charge is 0.330 e. The van der Waals surface area contributed by atoms with E-state index in [1.807, 2.05) is 19.0 Å². The lowest BCUT2D eigenvalue weighted by molar-refractivity contribution is -0.136. The van der Waals surface area contributed by atoms with Crippen molar-refractivity contribution in [3.05, 3.63) is 37.1 Å². The van der Waals surface area contributed by atoms with Crippen molar-refractivity contribution < 1.29 is 24.6 Å². The molecule has 0 radical (unpaired) electrons. The van der Waals surface area contributed by atoms with Crippen LogP contribution in [0.3, 0.4) is 0 Å². The number of hydrogen-bond donors (Lipinski definition) is 2. The Bertz CT molecular complexity index is 484. The highest BCUT2D eigenvalue weighted by Gasteiger charge is 2.16. The molecule has 0 bridgehead atoms. The Morgan fingerprint density at radius 1 is 1.28 bits per heavy atom. The van der Waals surface area contributed by atoms with Crippen molar-refractivity contribution in [2.24, 2.45) is 0 Å². The first-order valence-corrected chi connectivity index (χ1v) is 7.95. The van der Waals surface area contributed by atoms with Crippen LogP contribution in [0.2, 0.25) is 0 Å². The number of amides is 1. The van der Waals surface area contributed by atoms with Crippen LogP contribution in [0.25, 0.3) is 0 Å². The van der Waals surface area contributed by atoms with Crippen LogP contribution in [0.5, 0.6) is 0 Å². The molecule has 1 amide bonds. The van der Waals surface area contributed by atoms with Crippen molar-refractivity contribution in [3.8, 4) is 0 Å². The Hall–Kier alpha value is -2.41. The van der Waals surface area contributed by atoms with Gasteiger partial charge in [0.05, 0.1) is 6.42 Å². The molecular weight excluding hydrogens is 324 g/mol. The van der Waals surface area contributed by atoms with Crippen molar-refractivity contribution in [1.29, 1.82) is 0 Å². The van der Waals surface area contributed by atoms with Crippen molar-refractivity contribution in [3.63, 3.8) is 0 Å². The first-order chi connectivity index (χ1) is 11.6. The maximum absolute atomic E-state index is 10.7. The van der Waals surface area contributed by atoms with Crippen LogP contribution in [-0.4, -0.2) is 65.0 Å². The molecule has 1 heterocycles. The highest BCUT2D eigenvalue weighted by molar-refractivity contribution is 5.85. The third-order valence-corrected chi connectivity index (χ3v) is 3.01. The maximum Gasteiger partial charge on any atom is 0.330 e. The number of carbonyl (C=O) groups excluding carboxylic acids is 1. The van der Waals surface area contributed by atoms with E-state index >= 15 is 0 Å². The third kappa shape index (κ3) is 16.2. The average molecular weight is 354 g/mol. The van der Waals surface area contributed by atoms with Crippen LogP contribution < -0.4 is 0 Å². The molecule has 0 spiro atoms. The van der Waals surface area contributed by atoms with Crippen molar-refractivity contribution in [1.82, 2.24) is 9.80 Å². The molecule has 142 valence electrons. The van der Waals surface area contributed by atoms with Crippen LogP contribution in [0.1, 0.15) is 32.6 Å². The van der Waals surface area contributed by atoms with E-state index in [1.165, 1.54) is 6.08 Å². The van der Waals surface area contributed by atoms with E-state index in [4.69, 9.17) is 10.2 Å². The average Bonchev–Trinajstić information content (AvgIpc) is 2.93. The number of rotatable bonds is 7. The molecule has 0 aromatic heterocycles. The molecule has 7 nitrogen and oxygen atoms in total. The van der Waals surface area contributed by atoms with E-state index < -0.39 is 11.9 Å². The lowest BCUT2D eigenvalue weighted by Gasteiger charge is -2.05. The van der Waals surface area contributed by atoms with Gasteiger partial charge in [-0.15, -0.1) is 6.58 Å². The summed E-state index contributed by atoms with van der Waals surface area (Å²) in [4.78, 5) is 34.2. The lowest BCUT2D eigenvalue weighted by Crippen LogP contribution is -2.16. The SMILES string of the molecule is C=CCC(=O)O.C=CN1CCCC1=O.CC(=CCCN(C)C)C(=O)O. The van der Waals surface area contributed by atoms with E-state index in [2.05, 4.69) is 13.2 Å². The molecule has 0 aliphatic carbocycles. The topological polar surface area (TPSA) is 98.2 Å². The van der Waals surface area contributed by atoms with Gasteiger partial charge in [-0.1, -0.05) is 18.7 Å². The zero-order chi connectivity index (χ0) is 19.8. The van der Waals surface area contributed by atoms with Gasteiger partial charge in [-0.3, -0.25) is 9.59 Å². The van der Waals surface area contributed by atoms with Crippen LogP contribution in [-0.2, 0) is 14.4 Å². The molecule has 1 rings (SSSR count). The van der Waals surface area contributed by atoms with Gasteiger partial charge in [0, 0.05) is 25.1 Å². The van der Waals surface area contributed by atoms with Gasteiger partial charge >= 0.3 is 11.9 Å². The van der Waals surface area contributed by atoms with E-state index in [0.29, 0.717) is 12.0 Å². The minimum atomic E-state index is -0.830. The van der Waals surface area contributed by atoms with Gasteiger partial charge in [0.1, 0.15) is 0 Å². The minimum absolute atomic E-state index is 0.0556. The molecule has 0 saturated carbocycles. The Morgan fingerprint density at radius 2 is 1.88 bits per heavy atom. The highest BCUT2D eigenvalue weighted by atomic mass is 16.4. The summed E-state index contributed by atoms with van der Waals surface area (Å²) >= 11 is 0. The fourth-order valence-corrected chi connectivity index (χ4v) is 1.61. The molecule has 0 unspecified atom stereocenters. The number of carbonyl (C=O) groups is 3. The number of hydrogen-bond acceptors (Lipinski definition) is 4. The molecule has 7 heteroatoms. The molecular formula is C18H30N2O5. The minimum Gasteiger partial charge on any atom is -0.481 e. The Morgan fingerprint density at radius 3 is 2.12 bits per heavy atom. The normalized spacial score (nSPS) is 13.4. The van der Waals surface area contributed by atoms with Crippen molar-refractivity contribution in [2.45, 2.75) is 32.6 Å². The molecule has 2 N–H and O–H groups in total. The predicted molar refractivity (Wildman–Crippen MR) is 98.2 cm³/mol. The van der Waals surface area contributed by atoms with Gasteiger partial charge in [-0.2, -0.15) is 0 Å². The second-order valence-electron chi connectivity index (χ2n) is 5.54. The van der Waals surface area contributed by atoms with Crippen LogP contribution >= 0.6 is 0 Å². The predicted octanol–water partition coefficient (Wildman–Crippen LogP) is 2.37. The number of carboxylic acids is 2. The molecule has 1 aliphatic heterocycles. The highest BCUT2D eigenvalue weighted by Crippen LogP contribution is 2.08. The van der Waals surface area contributed by atoms with E-state index in [1.54, 1.807) is 24.1 Å². The summed E-state index contributed by atoms with van der Waals surface area (Å²) in [6.45, 7) is 10.1. The molecule has 0 aromatic carbocycles. The van der Waals surface area contributed by atoms with Gasteiger partial charge in [0.2, 0.25) is 5.91 Å². The Kier molecular flexibility index (Phi) is 15.0. The number of likely N-dealkylation sites (tertiary alicyclic amines) is 1. The van der Waals surface area contributed by atoms with Crippen molar-refractivity contribution in [2.75, 3.05) is 27.2 Å². The summed E-state index contributed by atoms with van der Waals surface area (Å²) in [5, 5.41) is 16.3. The molecule has 1 fully saturated rings. The first-order valence-electron chi connectivity index (χ1n) is 7.95. The summed E-state index contributed by atoms with van der Waals surface area (Å²) in [7, 11) is 3.92. The third-order valence-electron chi connectivity index (χ3n) is 3.01. The van der Waals surface area contributed by atoms with E-state index in [0.717, 1.165) is 25.9 Å². The number of aliphatic carboxylic acids is 2. The van der Waals surface area contributed by atoms with Gasteiger partial charge in [-0.25, -0.2) is 4.79 Å². The summed E-state index contributed by atoms with van der Waals surface area (Å²) in [5.74, 6) is -1.45. The Labute approximate surface area is 149 Å². The monoisotopic (exact) mass is 354 g/mol. The molecule has 1 aliphatic rings. The van der Waals surface area contributed by atoms with Gasteiger partial charge in [-0.05, 0) is 40.1 Å². The quantitative estimate of drug-likeness (QED) is 0.538. The summed E-state index contributed by atoms with van der Waals surface area (Å²) in [6.07, 6.45) is 7.22. The second-order valence-corrected chi connectivity index (χ2v) is 5.54. The van der Waals surface area contributed by atoms with E-state index in [9.17, 15) is 14.4 Å². The zero-order valence-electron chi connectivity index (χ0n) is 15.4. The Balaban J connectivity index is 0. The molecule has 1 saturated heterocycles. The fourth-order valence-electron chi connectivity index (χ4n) is 1.61. The van der Waals surface area contributed by atoms with Gasteiger partial charge < -0.3 is 20.0 Å². The fraction of sp³-hybridized carbons (Fsp3) is 0.500. The molecule has 25 heavy (non-hydrogen) atoms. The van der Waals surface area contributed by atoms with Crippen LogP contribution in [0.15, 0.2) is 37.1 Å². The summed E-state index contributed by atoms with van der Waals surface area (Å²) < 4.78 is 0. The van der Waals surface area contributed by atoms with E-state index in [-0.39, 0.29) is 12.3 Å². The van der Waals surface area contributed by atoms with Crippen molar-refractivity contribution >= 4 is 17.8 Å². The molecule has 0 aromatic rings. The van der Waals surface area contributed by atoms with Crippen LogP contribution in [0, 0.1) is 0 Å². The summed E-state index contributed by atoms with van der Waals surface area (Å²) in [5.41, 5.74) is 0.423. The number of carboxylic acid groups (broad SMARTS) is 2. The van der Waals surface area contributed by atoms with Crippen LogP contribution in [0.4, 0.5) is 0 Å². The summed E-state index contributed by atoms with van der Waals surface area (Å²) in [6, 6.07) is 0. The second kappa shape index (κ2) is 15.1. The largest absolute Gasteiger partial charge is 0.481 e. The standard InChI is InChI=1S/C8H15NO2.C6H9NO.C4H6O2/c1-7(8(10)11)5-4-6-9(2)3;1-2-7-5-3-4-6(7)8;1-2-3-4(5)6/h5H,4,6H2,1-3H3,(H,10,11);2H,1,3-5H2;2H,1,3H2,(H,5,6). The molecule has 0 atom stereocenters. The zero-order valence-corrected chi connectivity index (χ0v) is 15.4. The van der Waals surface area contributed by atoms with Gasteiger partial charge in [0.15, 0.2) is 0 Å². The first kappa shape index (κ1) is 24.8. The lowest BCUT2D eigenvalue weighted by atomic mass is 10.2. The van der Waals surface area contributed by atoms with Gasteiger partial charge in [0.25, 0.3) is 0 Å². The number of nitrogens with zero attached hydrogens (tertiary/aromatic N) is 2. The maximum atomic E-state index is 10.7.